The Kier molecular flexibility index (Phi) is 6.31. The minimum absolute atomic E-state index is 0.0527. The maximum Gasteiger partial charge on any atom is 0.311 e. The topological polar surface area (TPSA) is 69.8 Å². The molecule has 0 spiro atoms. The number of carbonyl (C=O) groups excluding carboxylic acids is 1. The number of rotatable bonds is 9. The number of epoxide rings is 2. The van der Waals surface area contributed by atoms with Crippen molar-refractivity contribution in [2.24, 2.45) is 17.3 Å². The highest BCUT2D eigenvalue weighted by atomic mass is 16.6. The molecule has 4 rings (SSSR count). The molecule has 0 radical (unpaired) electrons. The van der Waals surface area contributed by atoms with Gasteiger partial charge in [-0.1, -0.05) is 13.3 Å². The molecule has 7 unspecified atom stereocenters. The van der Waals surface area contributed by atoms with E-state index in [1.54, 1.807) is 0 Å². The number of ether oxygens (including phenoxy) is 5. The summed E-state index contributed by atoms with van der Waals surface area (Å²) in [6.07, 6.45) is 6.59. The molecule has 7 atom stereocenters. The second-order valence-electron chi connectivity index (χ2n) is 9.60. The van der Waals surface area contributed by atoms with Crippen LogP contribution < -0.4 is 0 Å². The maximum atomic E-state index is 12.7. The SMILES string of the molecule is CCC(C)(C)C(=O)OC1CCC2C(OCC3CO3)CCCC2C1OCC1CO1. The zero-order valence-corrected chi connectivity index (χ0v) is 17.6. The predicted molar refractivity (Wildman–Crippen MR) is 103 cm³/mol. The first kappa shape index (κ1) is 20.6. The normalized spacial score (nSPS) is 39.9. The molecule has 4 aliphatic rings. The Hall–Kier alpha value is -0.690. The summed E-state index contributed by atoms with van der Waals surface area (Å²) in [5, 5.41) is 0. The Morgan fingerprint density at radius 1 is 0.929 bits per heavy atom. The van der Waals surface area contributed by atoms with E-state index in [1.807, 2.05) is 20.8 Å². The summed E-state index contributed by atoms with van der Waals surface area (Å²) in [7, 11) is 0. The number of fused-ring (bicyclic) bond motifs is 1. The van der Waals surface area contributed by atoms with Gasteiger partial charge in [0.2, 0.25) is 0 Å². The van der Waals surface area contributed by atoms with Crippen LogP contribution >= 0.6 is 0 Å². The lowest BCUT2D eigenvalue weighted by atomic mass is 9.67. The lowest BCUT2D eigenvalue weighted by Crippen LogP contribution is -2.52. The molecule has 2 heterocycles. The van der Waals surface area contributed by atoms with Crippen LogP contribution in [0, 0.1) is 17.3 Å². The molecule has 0 aromatic rings. The lowest BCUT2D eigenvalue weighted by Gasteiger charge is -2.48. The minimum Gasteiger partial charge on any atom is -0.459 e. The van der Waals surface area contributed by atoms with Crippen molar-refractivity contribution in [2.75, 3.05) is 26.4 Å². The molecular formula is C22H36O6. The van der Waals surface area contributed by atoms with Crippen molar-refractivity contribution >= 4 is 5.97 Å². The van der Waals surface area contributed by atoms with Gasteiger partial charge >= 0.3 is 5.97 Å². The van der Waals surface area contributed by atoms with Gasteiger partial charge in [-0.2, -0.15) is 0 Å². The zero-order chi connectivity index (χ0) is 19.7. The van der Waals surface area contributed by atoms with Crippen LogP contribution in [0.1, 0.15) is 59.3 Å². The van der Waals surface area contributed by atoms with Crippen LogP contribution in [0.3, 0.4) is 0 Å². The van der Waals surface area contributed by atoms with E-state index in [9.17, 15) is 4.79 Å². The van der Waals surface area contributed by atoms with E-state index in [2.05, 4.69) is 0 Å². The molecule has 0 bridgehead atoms. The van der Waals surface area contributed by atoms with E-state index in [0.717, 1.165) is 51.7 Å². The Balaban J connectivity index is 1.42. The number of hydrogen-bond donors (Lipinski definition) is 0. The van der Waals surface area contributed by atoms with E-state index >= 15 is 0 Å². The van der Waals surface area contributed by atoms with Crippen molar-refractivity contribution in [1.82, 2.24) is 0 Å². The van der Waals surface area contributed by atoms with Gasteiger partial charge in [0.05, 0.1) is 44.1 Å². The Labute approximate surface area is 168 Å². The summed E-state index contributed by atoms with van der Waals surface area (Å²) in [6.45, 7) is 8.86. The smallest absolute Gasteiger partial charge is 0.311 e. The van der Waals surface area contributed by atoms with E-state index in [0.29, 0.717) is 31.2 Å². The van der Waals surface area contributed by atoms with Crippen LogP contribution in [0.5, 0.6) is 0 Å². The summed E-state index contributed by atoms with van der Waals surface area (Å²) >= 11 is 0. The molecule has 160 valence electrons. The van der Waals surface area contributed by atoms with Crippen molar-refractivity contribution in [3.8, 4) is 0 Å². The average molecular weight is 397 g/mol. The van der Waals surface area contributed by atoms with Crippen LogP contribution in [0.2, 0.25) is 0 Å². The molecule has 6 heteroatoms. The van der Waals surface area contributed by atoms with Crippen LogP contribution in [-0.2, 0) is 28.5 Å². The summed E-state index contributed by atoms with van der Waals surface area (Å²) in [6, 6.07) is 0. The lowest BCUT2D eigenvalue weighted by molar-refractivity contribution is -0.188. The van der Waals surface area contributed by atoms with Gasteiger partial charge in [0, 0.05) is 0 Å². The zero-order valence-electron chi connectivity index (χ0n) is 17.6. The molecule has 2 aliphatic carbocycles. The van der Waals surface area contributed by atoms with Crippen LogP contribution in [0.15, 0.2) is 0 Å². The number of carbonyl (C=O) groups is 1. The first-order valence-corrected chi connectivity index (χ1v) is 11.2. The molecule has 0 aromatic carbocycles. The summed E-state index contributed by atoms with van der Waals surface area (Å²) in [5.74, 6) is 0.755. The Morgan fingerprint density at radius 3 is 2.25 bits per heavy atom. The summed E-state index contributed by atoms with van der Waals surface area (Å²) in [5.41, 5.74) is -0.455. The van der Waals surface area contributed by atoms with Gasteiger partial charge in [-0.05, 0) is 57.8 Å². The standard InChI is InChI=1S/C22H36O6/c1-4-22(2,3)21(23)28-19-9-8-16-17(20(19)27-13-15-11-25-15)6-5-7-18(16)26-12-14-10-24-14/h14-20H,4-13H2,1-3H3. The highest BCUT2D eigenvalue weighted by molar-refractivity contribution is 5.76. The first-order chi connectivity index (χ1) is 13.5. The molecule has 2 saturated heterocycles. The number of esters is 1. The summed E-state index contributed by atoms with van der Waals surface area (Å²) < 4.78 is 29.3. The monoisotopic (exact) mass is 396 g/mol. The van der Waals surface area contributed by atoms with Gasteiger partial charge in [-0.15, -0.1) is 0 Å². The van der Waals surface area contributed by atoms with E-state index in [4.69, 9.17) is 23.7 Å². The Bertz CT molecular complexity index is 541. The van der Waals surface area contributed by atoms with Crippen LogP contribution in [-0.4, -0.2) is 62.9 Å². The fourth-order valence-electron chi connectivity index (χ4n) is 4.65. The van der Waals surface area contributed by atoms with E-state index in [-0.39, 0.29) is 30.4 Å². The molecule has 2 aliphatic heterocycles. The third-order valence-corrected chi connectivity index (χ3v) is 7.10. The largest absolute Gasteiger partial charge is 0.459 e. The molecule has 0 amide bonds. The fraction of sp³-hybridized carbons (Fsp3) is 0.955. The molecule has 28 heavy (non-hydrogen) atoms. The van der Waals surface area contributed by atoms with Crippen molar-refractivity contribution in [1.29, 1.82) is 0 Å². The predicted octanol–water partition coefficient (Wildman–Crippen LogP) is 3.11. The molecular weight excluding hydrogens is 360 g/mol. The van der Waals surface area contributed by atoms with E-state index in [1.165, 1.54) is 0 Å². The van der Waals surface area contributed by atoms with Gasteiger partial charge in [0.15, 0.2) is 0 Å². The van der Waals surface area contributed by atoms with Crippen molar-refractivity contribution in [3.05, 3.63) is 0 Å². The number of hydrogen-bond acceptors (Lipinski definition) is 6. The van der Waals surface area contributed by atoms with Crippen molar-refractivity contribution in [3.63, 3.8) is 0 Å². The van der Waals surface area contributed by atoms with E-state index < -0.39 is 5.41 Å². The average Bonchev–Trinajstić information content (AvgIpc) is 3.60. The van der Waals surface area contributed by atoms with Crippen LogP contribution in [0.4, 0.5) is 0 Å². The van der Waals surface area contributed by atoms with Gasteiger partial charge in [-0.25, -0.2) is 0 Å². The van der Waals surface area contributed by atoms with Gasteiger partial charge in [0.1, 0.15) is 18.3 Å². The van der Waals surface area contributed by atoms with Crippen molar-refractivity contribution < 1.29 is 28.5 Å². The molecule has 0 aromatic heterocycles. The second-order valence-corrected chi connectivity index (χ2v) is 9.60. The molecule has 6 nitrogen and oxygen atoms in total. The second kappa shape index (κ2) is 8.58. The molecule has 4 fully saturated rings. The minimum atomic E-state index is -0.455. The highest BCUT2D eigenvalue weighted by Gasteiger charge is 2.48. The van der Waals surface area contributed by atoms with Crippen LogP contribution in [0.25, 0.3) is 0 Å². The molecule has 0 N–H and O–H groups in total. The van der Waals surface area contributed by atoms with Gasteiger partial charge in [0.25, 0.3) is 0 Å². The fourth-order valence-corrected chi connectivity index (χ4v) is 4.65. The summed E-state index contributed by atoms with van der Waals surface area (Å²) in [4.78, 5) is 12.7. The van der Waals surface area contributed by atoms with Gasteiger partial charge < -0.3 is 23.7 Å². The highest BCUT2D eigenvalue weighted by Crippen LogP contribution is 2.45. The van der Waals surface area contributed by atoms with Crippen molar-refractivity contribution in [2.45, 2.75) is 89.8 Å². The Morgan fingerprint density at radius 2 is 1.61 bits per heavy atom. The first-order valence-electron chi connectivity index (χ1n) is 11.2. The van der Waals surface area contributed by atoms with Gasteiger partial charge in [-0.3, -0.25) is 4.79 Å². The maximum absolute atomic E-state index is 12.7. The third-order valence-electron chi connectivity index (χ3n) is 7.10. The molecule has 2 saturated carbocycles. The quantitative estimate of drug-likeness (QED) is 0.441. The third kappa shape index (κ3) is 4.89.